The summed E-state index contributed by atoms with van der Waals surface area (Å²) < 4.78 is 1.80. The van der Waals surface area contributed by atoms with Crippen LogP contribution in [0.25, 0.3) is 0 Å². The minimum absolute atomic E-state index is 0.208. The number of hydrogen-bond acceptors (Lipinski definition) is 4. The highest BCUT2D eigenvalue weighted by Gasteiger charge is 2.08. The summed E-state index contributed by atoms with van der Waals surface area (Å²) in [4.78, 5) is 6.20. The second-order valence-corrected chi connectivity index (χ2v) is 4.99. The second-order valence-electron chi connectivity index (χ2n) is 3.22. The average molecular weight is 352 g/mol. The van der Waals surface area contributed by atoms with E-state index in [0.717, 1.165) is 14.8 Å². The van der Waals surface area contributed by atoms with Gasteiger partial charge in [-0.3, -0.25) is 0 Å². The lowest BCUT2D eigenvalue weighted by Gasteiger charge is -2.18. The Morgan fingerprint density at radius 2 is 2.31 bits per heavy atom. The van der Waals surface area contributed by atoms with Crippen molar-refractivity contribution in [2.45, 2.75) is 6.42 Å². The monoisotopic (exact) mass is 350 g/mol. The summed E-state index contributed by atoms with van der Waals surface area (Å²) in [7, 11) is 1.89. The van der Waals surface area contributed by atoms with Crippen LogP contribution in [0.4, 0.5) is 5.82 Å². The molecule has 1 rings (SSSR count). The van der Waals surface area contributed by atoms with E-state index in [9.17, 15) is 0 Å². The largest absolute Gasteiger partial charge is 0.409 e. The molecule has 0 saturated carbocycles. The van der Waals surface area contributed by atoms with Gasteiger partial charge in [-0.05, 0) is 37.9 Å². The van der Waals surface area contributed by atoms with Crippen molar-refractivity contribution in [1.29, 1.82) is 0 Å². The Kier molecular flexibility index (Phi) is 5.01. The number of anilines is 1. The van der Waals surface area contributed by atoms with Gasteiger partial charge in [-0.2, -0.15) is 0 Å². The average Bonchev–Trinajstić information content (AvgIpc) is 2.25. The minimum atomic E-state index is 0.208. The number of hydrogen-bond donors (Lipinski definition) is 2. The Balaban J connectivity index is 2.69. The van der Waals surface area contributed by atoms with Crippen molar-refractivity contribution in [3.8, 4) is 0 Å². The Bertz CT molecular complexity index is 397. The van der Waals surface area contributed by atoms with Gasteiger partial charge in [0.05, 0.1) is 4.47 Å². The molecule has 1 aromatic rings. The van der Waals surface area contributed by atoms with Crippen LogP contribution in [-0.4, -0.2) is 29.6 Å². The third-order valence-corrected chi connectivity index (χ3v) is 3.00. The van der Waals surface area contributed by atoms with E-state index in [-0.39, 0.29) is 5.84 Å². The fourth-order valence-corrected chi connectivity index (χ4v) is 2.42. The molecule has 0 spiro atoms. The van der Waals surface area contributed by atoms with Crippen LogP contribution in [0.2, 0.25) is 0 Å². The van der Waals surface area contributed by atoms with Crippen molar-refractivity contribution in [3.05, 3.63) is 21.2 Å². The van der Waals surface area contributed by atoms with Crippen LogP contribution in [-0.2, 0) is 0 Å². The molecule has 0 aromatic carbocycles. The van der Waals surface area contributed by atoms with Crippen molar-refractivity contribution in [2.24, 2.45) is 10.9 Å². The number of halogens is 2. The molecule has 1 heterocycles. The normalized spacial score (nSPS) is 11.6. The number of amidine groups is 1. The number of aromatic nitrogens is 1. The molecular weight excluding hydrogens is 340 g/mol. The Labute approximate surface area is 111 Å². The smallest absolute Gasteiger partial charge is 0.142 e. The fraction of sp³-hybridized carbons (Fsp3) is 0.333. The molecule has 3 N–H and O–H groups in total. The summed E-state index contributed by atoms with van der Waals surface area (Å²) in [5.74, 6) is 1.02. The van der Waals surface area contributed by atoms with E-state index in [4.69, 9.17) is 10.9 Å². The lowest BCUT2D eigenvalue weighted by Crippen LogP contribution is -2.25. The highest BCUT2D eigenvalue weighted by Crippen LogP contribution is 2.25. The molecule has 1 aromatic heterocycles. The predicted octanol–water partition coefficient (Wildman–Crippen LogP) is 2.18. The molecular formula is C9H12Br2N4O. The number of nitrogens with zero attached hydrogens (tertiary/aromatic N) is 3. The van der Waals surface area contributed by atoms with E-state index in [1.54, 1.807) is 6.20 Å². The number of rotatable bonds is 4. The molecule has 0 atom stereocenters. The van der Waals surface area contributed by atoms with Crippen LogP contribution in [0.15, 0.2) is 26.4 Å². The topological polar surface area (TPSA) is 74.7 Å². The van der Waals surface area contributed by atoms with Crippen LogP contribution in [0.3, 0.4) is 0 Å². The quantitative estimate of drug-likeness (QED) is 0.377. The first kappa shape index (κ1) is 13.2. The lowest BCUT2D eigenvalue weighted by molar-refractivity contribution is 0.317. The second kappa shape index (κ2) is 6.05. The van der Waals surface area contributed by atoms with Gasteiger partial charge in [-0.1, -0.05) is 5.16 Å². The molecule has 7 heteroatoms. The summed E-state index contributed by atoms with van der Waals surface area (Å²) in [6.45, 7) is 0.628. The number of pyridine rings is 1. The van der Waals surface area contributed by atoms with Crippen molar-refractivity contribution in [3.63, 3.8) is 0 Å². The van der Waals surface area contributed by atoms with E-state index in [1.807, 2.05) is 18.0 Å². The summed E-state index contributed by atoms with van der Waals surface area (Å²) in [5.41, 5.74) is 5.40. The van der Waals surface area contributed by atoms with Crippen molar-refractivity contribution in [2.75, 3.05) is 18.5 Å². The number of oxime groups is 1. The van der Waals surface area contributed by atoms with Gasteiger partial charge in [0.1, 0.15) is 11.7 Å². The summed E-state index contributed by atoms with van der Waals surface area (Å²) in [6.07, 6.45) is 2.21. The van der Waals surface area contributed by atoms with Gasteiger partial charge in [0.2, 0.25) is 0 Å². The van der Waals surface area contributed by atoms with Gasteiger partial charge in [0.25, 0.3) is 0 Å². The zero-order valence-electron chi connectivity index (χ0n) is 8.69. The summed E-state index contributed by atoms with van der Waals surface area (Å²) in [5, 5.41) is 11.3. The molecule has 0 aliphatic carbocycles. The number of nitrogens with two attached hydrogens (primary N) is 1. The Hall–Kier alpha value is -0.820. The van der Waals surface area contributed by atoms with Gasteiger partial charge in [-0.25, -0.2) is 4.98 Å². The van der Waals surface area contributed by atoms with Gasteiger partial charge in [0, 0.05) is 30.7 Å². The third kappa shape index (κ3) is 3.64. The molecule has 0 bridgehead atoms. The molecule has 0 aliphatic heterocycles. The highest BCUT2D eigenvalue weighted by atomic mass is 79.9. The molecule has 0 aliphatic rings. The molecule has 0 amide bonds. The van der Waals surface area contributed by atoms with Gasteiger partial charge in [-0.15, -0.1) is 0 Å². The Morgan fingerprint density at radius 3 is 2.88 bits per heavy atom. The highest BCUT2D eigenvalue weighted by molar-refractivity contribution is 9.11. The third-order valence-electron chi connectivity index (χ3n) is 1.98. The molecule has 0 unspecified atom stereocenters. The maximum absolute atomic E-state index is 8.42. The summed E-state index contributed by atoms with van der Waals surface area (Å²) >= 11 is 6.76. The lowest BCUT2D eigenvalue weighted by atomic mass is 10.3. The first-order valence-electron chi connectivity index (χ1n) is 4.53. The van der Waals surface area contributed by atoms with Gasteiger partial charge >= 0.3 is 0 Å². The summed E-state index contributed by atoms with van der Waals surface area (Å²) in [6, 6.07) is 1.92. The fourth-order valence-electron chi connectivity index (χ4n) is 1.13. The maximum Gasteiger partial charge on any atom is 0.142 e. The van der Waals surface area contributed by atoms with Crippen molar-refractivity contribution < 1.29 is 5.21 Å². The maximum atomic E-state index is 8.42. The van der Waals surface area contributed by atoms with Gasteiger partial charge < -0.3 is 15.8 Å². The van der Waals surface area contributed by atoms with E-state index in [1.165, 1.54) is 0 Å². The Morgan fingerprint density at radius 1 is 1.62 bits per heavy atom. The van der Waals surface area contributed by atoms with Crippen molar-refractivity contribution in [1.82, 2.24) is 4.98 Å². The molecule has 16 heavy (non-hydrogen) atoms. The van der Waals surface area contributed by atoms with Crippen LogP contribution in [0.1, 0.15) is 6.42 Å². The molecule has 88 valence electrons. The first-order chi connectivity index (χ1) is 7.54. The molecule has 0 fully saturated rings. The van der Waals surface area contributed by atoms with E-state index >= 15 is 0 Å². The zero-order valence-corrected chi connectivity index (χ0v) is 11.9. The van der Waals surface area contributed by atoms with E-state index in [2.05, 4.69) is 42.0 Å². The van der Waals surface area contributed by atoms with Crippen LogP contribution < -0.4 is 10.6 Å². The van der Waals surface area contributed by atoms with E-state index in [0.29, 0.717) is 13.0 Å². The van der Waals surface area contributed by atoms with Gasteiger partial charge in [0.15, 0.2) is 0 Å². The first-order valence-corrected chi connectivity index (χ1v) is 6.11. The zero-order chi connectivity index (χ0) is 12.1. The molecule has 5 nitrogen and oxygen atoms in total. The molecule has 0 radical (unpaired) electrons. The van der Waals surface area contributed by atoms with Crippen LogP contribution >= 0.6 is 31.9 Å². The minimum Gasteiger partial charge on any atom is -0.409 e. The SMILES string of the molecule is CN(CCC(N)=NO)c1ncc(Br)cc1Br. The van der Waals surface area contributed by atoms with E-state index < -0.39 is 0 Å². The van der Waals surface area contributed by atoms with Crippen molar-refractivity contribution >= 4 is 43.5 Å². The van der Waals surface area contributed by atoms with Crippen LogP contribution in [0, 0.1) is 0 Å². The molecule has 0 saturated heterocycles. The standard InChI is InChI=1S/C9H12Br2N4O/c1-15(3-2-8(12)14-16)9-7(11)4-6(10)5-13-9/h4-5,16H,2-3H2,1H3,(H2,12,14). The van der Waals surface area contributed by atoms with Crippen LogP contribution in [0.5, 0.6) is 0 Å². The predicted molar refractivity (Wildman–Crippen MR) is 70.9 cm³/mol.